The topological polar surface area (TPSA) is 88.2 Å². The van der Waals surface area contributed by atoms with Crippen molar-refractivity contribution in [1.29, 1.82) is 0 Å². The van der Waals surface area contributed by atoms with Crippen molar-refractivity contribution in [1.82, 2.24) is 15.1 Å². The molecule has 4 aliphatic rings. The summed E-state index contributed by atoms with van der Waals surface area (Å²) in [6, 6.07) is 12.8. The molecule has 188 valence electrons. The van der Waals surface area contributed by atoms with Crippen LogP contribution in [0, 0.1) is 0 Å². The Hall–Kier alpha value is -3.10. The van der Waals surface area contributed by atoms with Crippen LogP contribution in [-0.2, 0) is 16.1 Å². The maximum Gasteiger partial charge on any atom is 0.255 e. The van der Waals surface area contributed by atoms with Crippen molar-refractivity contribution in [3.05, 3.63) is 58.6 Å². The maximum atomic E-state index is 12.9. The van der Waals surface area contributed by atoms with Crippen LogP contribution in [0.4, 0.5) is 0 Å². The minimum atomic E-state index is -0.612. The molecule has 0 bridgehead atoms. The number of benzene rings is 2. The van der Waals surface area contributed by atoms with E-state index in [1.165, 1.54) is 0 Å². The van der Waals surface area contributed by atoms with Crippen LogP contribution in [0.2, 0.25) is 5.02 Å². The number of hydrogen-bond donors (Lipinski definition) is 1. The molecule has 3 fully saturated rings. The second kappa shape index (κ2) is 9.41. The molecule has 0 spiro atoms. The minimum Gasteiger partial charge on any atom is -0.489 e. The van der Waals surface area contributed by atoms with E-state index in [1.54, 1.807) is 11.0 Å². The van der Waals surface area contributed by atoms with Crippen LogP contribution in [0.1, 0.15) is 48.0 Å². The van der Waals surface area contributed by atoms with Gasteiger partial charge in [-0.2, -0.15) is 0 Å². The number of carbonyl (C=O) groups is 3. The molecule has 8 nitrogen and oxygen atoms in total. The Bertz CT molecular complexity index is 1210. The summed E-state index contributed by atoms with van der Waals surface area (Å²) < 4.78 is 12.5. The number of nitrogens with zero attached hydrogens (tertiary/aromatic N) is 2. The van der Waals surface area contributed by atoms with Gasteiger partial charge in [0.15, 0.2) is 0 Å². The summed E-state index contributed by atoms with van der Waals surface area (Å²) in [7, 11) is 0. The summed E-state index contributed by atoms with van der Waals surface area (Å²) in [6.07, 6.45) is 3.96. The van der Waals surface area contributed by atoms with Crippen LogP contribution in [0.3, 0.4) is 0 Å². The number of carbonyl (C=O) groups excluding carboxylic acids is 3. The summed E-state index contributed by atoms with van der Waals surface area (Å²) in [5.74, 6) is 0.611. The van der Waals surface area contributed by atoms with Crippen molar-refractivity contribution in [2.24, 2.45) is 0 Å². The van der Waals surface area contributed by atoms with Crippen molar-refractivity contribution < 1.29 is 23.9 Å². The number of hydrogen-bond acceptors (Lipinski definition) is 6. The third-order valence-corrected chi connectivity index (χ3v) is 7.99. The molecule has 3 atom stereocenters. The van der Waals surface area contributed by atoms with E-state index in [9.17, 15) is 14.4 Å². The number of para-hydroxylation sites is 1. The van der Waals surface area contributed by atoms with Gasteiger partial charge in [0.2, 0.25) is 11.8 Å². The standard InChI is InChI=1S/C27H28ClN3O5/c28-20-4-1-2-6-23(20)36-18-14-30(15-18)21-5-3-7-24(21)35-17-8-9-19-16(12-17)13-31(27(19)34)22-10-11-25(32)29-26(22)33/h1-2,4,6,8-9,12,18,21-22,24H,3,5,7,10-11,13-15H2,(H,29,32,33)/t21-,22?,24-/m0/s1. The molecule has 0 radical (unpaired) electrons. The van der Waals surface area contributed by atoms with Gasteiger partial charge in [-0.3, -0.25) is 24.6 Å². The van der Waals surface area contributed by atoms with E-state index in [0.717, 1.165) is 49.4 Å². The number of halogens is 1. The van der Waals surface area contributed by atoms with Gasteiger partial charge in [-0.25, -0.2) is 0 Å². The fraction of sp³-hybridized carbons (Fsp3) is 0.444. The van der Waals surface area contributed by atoms with Crippen LogP contribution in [-0.4, -0.2) is 64.9 Å². The molecule has 3 amide bonds. The molecule has 6 rings (SSSR count). The molecule has 2 aromatic carbocycles. The lowest BCUT2D eigenvalue weighted by Gasteiger charge is -2.44. The predicted octanol–water partition coefficient (Wildman–Crippen LogP) is 3.16. The fourth-order valence-corrected chi connectivity index (χ4v) is 5.98. The van der Waals surface area contributed by atoms with Gasteiger partial charge >= 0.3 is 0 Å². The van der Waals surface area contributed by atoms with Gasteiger partial charge in [0.05, 0.1) is 5.02 Å². The van der Waals surface area contributed by atoms with E-state index < -0.39 is 11.9 Å². The molecule has 1 aliphatic carbocycles. The first kappa shape index (κ1) is 23.3. The van der Waals surface area contributed by atoms with Gasteiger partial charge in [0.1, 0.15) is 29.7 Å². The Morgan fingerprint density at radius 2 is 1.81 bits per heavy atom. The van der Waals surface area contributed by atoms with E-state index in [1.807, 2.05) is 36.4 Å². The highest BCUT2D eigenvalue weighted by molar-refractivity contribution is 6.32. The number of nitrogens with one attached hydrogen (secondary N) is 1. The highest BCUT2D eigenvalue weighted by Gasteiger charge is 2.42. The summed E-state index contributed by atoms with van der Waals surface area (Å²) >= 11 is 6.23. The Morgan fingerprint density at radius 1 is 0.972 bits per heavy atom. The number of rotatable bonds is 6. The number of likely N-dealkylation sites (tertiary alicyclic amines) is 1. The number of imide groups is 1. The quantitative estimate of drug-likeness (QED) is 0.602. The second-order valence-corrected chi connectivity index (χ2v) is 10.4. The average molecular weight is 510 g/mol. The van der Waals surface area contributed by atoms with Gasteiger partial charge < -0.3 is 14.4 Å². The molecule has 1 saturated carbocycles. The molecular weight excluding hydrogens is 482 g/mol. The Labute approximate surface area is 214 Å². The predicted molar refractivity (Wildman–Crippen MR) is 132 cm³/mol. The summed E-state index contributed by atoms with van der Waals surface area (Å²) in [5.41, 5.74) is 1.45. The Morgan fingerprint density at radius 3 is 2.61 bits per heavy atom. The number of fused-ring (bicyclic) bond motifs is 1. The average Bonchev–Trinajstić information content (AvgIpc) is 3.41. The van der Waals surface area contributed by atoms with Crippen molar-refractivity contribution >= 4 is 29.3 Å². The fourth-order valence-electron chi connectivity index (χ4n) is 5.80. The van der Waals surface area contributed by atoms with Gasteiger partial charge in [0.25, 0.3) is 5.91 Å². The maximum absolute atomic E-state index is 12.9. The highest BCUT2D eigenvalue weighted by atomic mass is 35.5. The Kier molecular flexibility index (Phi) is 6.09. The molecule has 3 aliphatic heterocycles. The zero-order chi connectivity index (χ0) is 24.8. The van der Waals surface area contributed by atoms with Crippen LogP contribution in [0.25, 0.3) is 0 Å². The van der Waals surface area contributed by atoms with Gasteiger partial charge in [-0.15, -0.1) is 0 Å². The van der Waals surface area contributed by atoms with Gasteiger partial charge in [-0.1, -0.05) is 23.7 Å². The zero-order valence-electron chi connectivity index (χ0n) is 19.8. The van der Waals surface area contributed by atoms with E-state index in [-0.39, 0.29) is 30.4 Å². The third kappa shape index (κ3) is 4.33. The van der Waals surface area contributed by atoms with Gasteiger partial charge in [0, 0.05) is 37.7 Å². The van der Waals surface area contributed by atoms with Crippen molar-refractivity contribution in [3.8, 4) is 11.5 Å². The SMILES string of the molecule is O=C1CCC(N2Cc3cc(O[C@H]4CCC[C@@H]4N4CC(Oc5ccccc5Cl)C4)ccc3C2=O)C(=O)N1. The van der Waals surface area contributed by atoms with Crippen molar-refractivity contribution in [2.75, 3.05) is 13.1 Å². The summed E-state index contributed by atoms with van der Waals surface area (Å²) in [6.45, 7) is 2.03. The van der Waals surface area contributed by atoms with E-state index in [0.29, 0.717) is 29.6 Å². The second-order valence-electron chi connectivity index (χ2n) is 10.00. The molecule has 1 N–H and O–H groups in total. The van der Waals surface area contributed by atoms with Crippen molar-refractivity contribution in [3.63, 3.8) is 0 Å². The van der Waals surface area contributed by atoms with E-state index >= 15 is 0 Å². The van der Waals surface area contributed by atoms with Crippen LogP contribution in [0.5, 0.6) is 11.5 Å². The minimum absolute atomic E-state index is 0.0765. The molecule has 2 saturated heterocycles. The monoisotopic (exact) mass is 509 g/mol. The van der Waals surface area contributed by atoms with Crippen LogP contribution < -0.4 is 14.8 Å². The first-order valence-electron chi connectivity index (χ1n) is 12.6. The first-order chi connectivity index (χ1) is 17.5. The van der Waals surface area contributed by atoms with Crippen LogP contribution >= 0.6 is 11.6 Å². The largest absolute Gasteiger partial charge is 0.489 e. The molecule has 36 heavy (non-hydrogen) atoms. The molecule has 0 aromatic heterocycles. The lowest BCUT2D eigenvalue weighted by atomic mass is 10.0. The zero-order valence-corrected chi connectivity index (χ0v) is 20.6. The van der Waals surface area contributed by atoms with E-state index in [2.05, 4.69) is 10.2 Å². The molecular formula is C27H28ClN3O5. The Balaban J connectivity index is 1.07. The number of amides is 3. The number of ether oxygens (including phenoxy) is 2. The summed E-state index contributed by atoms with van der Waals surface area (Å²) in [4.78, 5) is 40.7. The molecule has 2 aromatic rings. The number of piperidine rings is 1. The smallest absolute Gasteiger partial charge is 0.255 e. The van der Waals surface area contributed by atoms with Crippen molar-refractivity contribution in [2.45, 2.75) is 62.9 Å². The first-order valence-corrected chi connectivity index (χ1v) is 12.9. The van der Waals surface area contributed by atoms with Crippen LogP contribution in [0.15, 0.2) is 42.5 Å². The normalized spacial score (nSPS) is 26.5. The summed E-state index contributed by atoms with van der Waals surface area (Å²) in [5, 5.41) is 2.97. The molecule has 1 unspecified atom stereocenters. The lowest BCUT2D eigenvalue weighted by Crippen LogP contribution is -2.60. The lowest BCUT2D eigenvalue weighted by molar-refractivity contribution is -0.136. The highest BCUT2D eigenvalue weighted by Crippen LogP contribution is 2.35. The molecule has 3 heterocycles. The third-order valence-electron chi connectivity index (χ3n) is 7.68. The van der Waals surface area contributed by atoms with Gasteiger partial charge in [-0.05, 0) is 61.6 Å². The van der Waals surface area contributed by atoms with E-state index in [4.69, 9.17) is 21.1 Å². The molecule has 9 heteroatoms.